The van der Waals surface area contributed by atoms with E-state index in [1.807, 2.05) is 0 Å². The Morgan fingerprint density at radius 1 is 0.500 bits per heavy atom. The number of nitrogens with one attached hydrogen (secondary N) is 1. The Bertz CT molecular complexity index is 1530. The number of esters is 2. The number of aliphatic hydroxyl groups is 4. The van der Waals surface area contributed by atoms with Gasteiger partial charge in [-0.1, -0.05) is 246 Å². The predicted molar refractivity (Wildman–Crippen MR) is 302 cm³/mol. The van der Waals surface area contributed by atoms with Crippen molar-refractivity contribution in [3.05, 3.63) is 0 Å². The van der Waals surface area contributed by atoms with Crippen molar-refractivity contribution in [3.8, 4) is 0 Å². The summed E-state index contributed by atoms with van der Waals surface area (Å²) in [5.41, 5.74) is -3.69. The van der Waals surface area contributed by atoms with Crippen LogP contribution in [0, 0.1) is 0 Å². The van der Waals surface area contributed by atoms with Crippen molar-refractivity contribution in [2.75, 3.05) is 6.61 Å². The van der Waals surface area contributed by atoms with Crippen LogP contribution in [0.3, 0.4) is 0 Å². The van der Waals surface area contributed by atoms with Gasteiger partial charge in [0.2, 0.25) is 11.2 Å². The summed E-state index contributed by atoms with van der Waals surface area (Å²) in [5.74, 6) is -3.47. The van der Waals surface area contributed by atoms with Crippen molar-refractivity contribution in [3.63, 3.8) is 0 Å². The highest BCUT2D eigenvalue weighted by Gasteiger charge is 2.75. The minimum Gasteiger partial charge on any atom is -0.462 e. The Kier molecular flexibility index (Phi) is 42.4. The summed E-state index contributed by atoms with van der Waals surface area (Å²) in [6, 6.07) is -2.39. The van der Waals surface area contributed by atoms with Crippen molar-refractivity contribution in [2.45, 2.75) is 352 Å². The van der Waals surface area contributed by atoms with Crippen LogP contribution in [0.15, 0.2) is 0 Å². The first-order valence-corrected chi connectivity index (χ1v) is 32.8. The predicted octanol–water partition coefficient (Wildman–Crippen LogP) is 13.4. The smallest absolute Gasteiger partial charge is 0.363 e. The fourth-order valence-electron chi connectivity index (χ4n) is 10.7. The lowest BCUT2D eigenvalue weighted by atomic mass is 9.76. The molecule has 0 aromatic carbocycles. The van der Waals surface area contributed by atoms with Crippen LogP contribution in [0.2, 0.25) is 0 Å². The zero-order chi connectivity index (χ0) is 56.3. The molecule has 1 aliphatic rings. The third-order valence-electron chi connectivity index (χ3n) is 15.6. The number of hydrogen-bond acceptors (Lipinski definition) is 12. The number of Topliss-reactive ketones (excluding diaryl/α,β-unsaturated/α-hetero) is 1. The summed E-state index contributed by atoms with van der Waals surface area (Å²) in [4.78, 5) is 77.0. The summed E-state index contributed by atoms with van der Waals surface area (Å²) in [6.07, 6.45) is 32.1. The maximum Gasteiger partial charge on any atom is 0.363 e. The molecule has 15 nitrogen and oxygen atoms in total. The molecule has 1 aliphatic heterocycles. The second-order valence-corrected chi connectivity index (χ2v) is 24.2. The van der Waals surface area contributed by atoms with E-state index in [2.05, 4.69) is 33.0 Å². The molecule has 0 aromatic rings. The van der Waals surface area contributed by atoms with Crippen LogP contribution in [0.1, 0.15) is 310 Å². The Morgan fingerprint density at radius 2 is 0.803 bits per heavy atom. The normalized spacial score (nSPS) is 20.6. The van der Waals surface area contributed by atoms with Crippen LogP contribution >= 0.6 is 7.60 Å². The molecule has 16 heteroatoms. The van der Waals surface area contributed by atoms with Gasteiger partial charge in [-0.15, -0.1) is 0 Å². The second-order valence-electron chi connectivity index (χ2n) is 22.4. The van der Waals surface area contributed by atoms with Gasteiger partial charge in [-0.3, -0.25) is 23.7 Å². The molecular formula is C60H114NO14P. The van der Waals surface area contributed by atoms with Crippen LogP contribution in [0.4, 0.5) is 0 Å². The molecule has 1 rings (SSSR count). The number of carbonyl (C=O) groups excluding carboxylic acids is 4. The van der Waals surface area contributed by atoms with E-state index < -0.39 is 92.3 Å². The van der Waals surface area contributed by atoms with E-state index >= 15 is 0 Å². The number of aliphatic hydroxyl groups excluding tert-OH is 2. The number of hydrogen-bond donors (Lipinski definition) is 7. The molecule has 1 amide bonds. The van der Waals surface area contributed by atoms with E-state index in [1.54, 1.807) is 0 Å². The van der Waals surface area contributed by atoms with Gasteiger partial charge in [0.05, 0.1) is 13.0 Å². The number of rotatable bonds is 52. The maximum absolute atomic E-state index is 14.8. The third-order valence-corrected chi connectivity index (χ3v) is 17.1. The average molecular weight is 1100 g/mol. The number of ketones is 1. The standard InChI is InChI=1S/C60H114NO14P/c1-5-9-13-17-21-25-26-30-34-38-41-45-55(65)73-50(43-39-35-31-27-22-18-14-10-6-2)47-52(63)59(68)57(58(67)75-53(49-62)60(59,69)76(70,71)72)61-54(64)48-51(44-40-36-32-28-23-19-15-11-7-3)74-56(66)46-42-37-33-29-24-20-16-12-8-4/h50-51,53,57-58,62,67-69H,5-49H2,1-4H3,(H,61,64)(H2,70,71,72)/t50-,51-,53-,57+,58?,59-,60+/m1/s1. The highest BCUT2D eigenvalue weighted by atomic mass is 31.2. The highest BCUT2D eigenvalue weighted by molar-refractivity contribution is 7.53. The monoisotopic (exact) mass is 1100 g/mol. The molecule has 1 fully saturated rings. The quantitative estimate of drug-likeness (QED) is 0.0170. The van der Waals surface area contributed by atoms with E-state index in [1.165, 1.54) is 103 Å². The minimum atomic E-state index is -6.10. The van der Waals surface area contributed by atoms with Gasteiger partial charge in [0.25, 0.3) is 0 Å². The molecule has 76 heavy (non-hydrogen) atoms. The minimum absolute atomic E-state index is 0.0674. The first-order chi connectivity index (χ1) is 36.6. The molecule has 1 saturated heterocycles. The van der Waals surface area contributed by atoms with Crippen molar-refractivity contribution < 1.29 is 68.2 Å². The maximum atomic E-state index is 14.8. The molecule has 0 aliphatic carbocycles. The molecular weight excluding hydrogens is 990 g/mol. The zero-order valence-corrected chi connectivity index (χ0v) is 49.5. The Morgan fingerprint density at radius 3 is 1.12 bits per heavy atom. The van der Waals surface area contributed by atoms with E-state index in [0.717, 1.165) is 116 Å². The van der Waals surface area contributed by atoms with E-state index in [9.17, 15) is 54.0 Å². The molecule has 1 unspecified atom stereocenters. The van der Waals surface area contributed by atoms with E-state index in [-0.39, 0.29) is 19.3 Å². The summed E-state index contributed by atoms with van der Waals surface area (Å²) < 4.78 is 30.5. The van der Waals surface area contributed by atoms with Crippen molar-refractivity contribution in [2.24, 2.45) is 0 Å². The lowest BCUT2D eigenvalue weighted by molar-refractivity contribution is -0.297. The van der Waals surface area contributed by atoms with E-state index in [0.29, 0.717) is 32.1 Å². The van der Waals surface area contributed by atoms with Crippen molar-refractivity contribution >= 4 is 31.2 Å². The summed E-state index contributed by atoms with van der Waals surface area (Å²) in [5, 5.41) is 44.8. The van der Waals surface area contributed by atoms with Gasteiger partial charge in [0.15, 0.2) is 17.7 Å². The molecule has 0 spiro atoms. The van der Waals surface area contributed by atoms with Crippen LogP contribution in [0.5, 0.6) is 0 Å². The fraction of sp³-hybridized carbons (Fsp3) is 0.933. The molecule has 0 aromatic heterocycles. The number of carbonyl (C=O) groups is 4. The molecule has 7 atom stereocenters. The fourth-order valence-corrected chi connectivity index (χ4v) is 12.0. The SMILES string of the molecule is CCCCCCCCCCCCCC(=O)O[C@H](CCCCCCCCCCC)CC(=O)[C@@]1(O)[C@@H](NC(=O)C[C@@H](CCCCCCCCCCC)OC(=O)CCCCCCCCCCC)C(O)O[C@H](CO)[C@]1(O)P(=O)(O)O. The first kappa shape index (κ1) is 72.0. The van der Waals surface area contributed by atoms with Crippen molar-refractivity contribution in [1.82, 2.24) is 5.32 Å². The van der Waals surface area contributed by atoms with Gasteiger partial charge in [-0.05, 0) is 38.5 Å². The Hall–Kier alpha value is -1.97. The van der Waals surface area contributed by atoms with Crippen LogP contribution < -0.4 is 5.32 Å². The van der Waals surface area contributed by atoms with Gasteiger partial charge in [-0.25, -0.2) is 0 Å². The van der Waals surface area contributed by atoms with Gasteiger partial charge >= 0.3 is 19.5 Å². The molecule has 0 bridgehead atoms. The van der Waals surface area contributed by atoms with Gasteiger partial charge in [0.1, 0.15) is 24.4 Å². The van der Waals surface area contributed by atoms with Crippen LogP contribution in [-0.2, 0) is 38.0 Å². The zero-order valence-electron chi connectivity index (χ0n) is 48.6. The summed E-state index contributed by atoms with van der Waals surface area (Å²) >= 11 is 0. The van der Waals surface area contributed by atoms with Crippen molar-refractivity contribution in [1.29, 1.82) is 0 Å². The van der Waals surface area contributed by atoms with Crippen LogP contribution in [0.25, 0.3) is 0 Å². The number of amides is 1. The topological polar surface area (TPSA) is 246 Å². The van der Waals surface area contributed by atoms with Gasteiger partial charge in [0, 0.05) is 19.3 Å². The van der Waals surface area contributed by atoms with Gasteiger partial charge < -0.3 is 49.7 Å². The Labute approximate surface area is 461 Å². The van der Waals surface area contributed by atoms with E-state index in [4.69, 9.17) is 14.2 Å². The third kappa shape index (κ3) is 30.0. The molecule has 0 radical (unpaired) electrons. The summed E-state index contributed by atoms with van der Waals surface area (Å²) in [7, 11) is -6.10. The second kappa shape index (κ2) is 44.7. The molecule has 1 heterocycles. The number of unbranched alkanes of at least 4 members (excludes halogenated alkanes) is 34. The Balaban J connectivity index is 3.34. The average Bonchev–Trinajstić information content (AvgIpc) is 3.38. The molecule has 7 N–H and O–H groups in total. The molecule has 448 valence electrons. The first-order valence-electron chi connectivity index (χ1n) is 31.2. The van der Waals surface area contributed by atoms with Gasteiger partial charge in [-0.2, -0.15) is 0 Å². The lowest BCUT2D eigenvalue weighted by Gasteiger charge is -2.54. The lowest BCUT2D eigenvalue weighted by Crippen LogP contribution is -2.80. The largest absolute Gasteiger partial charge is 0.462 e. The van der Waals surface area contributed by atoms with Crippen LogP contribution in [-0.4, -0.2) is 102 Å². The number of ether oxygens (including phenoxy) is 3. The highest BCUT2D eigenvalue weighted by Crippen LogP contribution is 2.60. The molecule has 0 saturated carbocycles. The summed E-state index contributed by atoms with van der Waals surface area (Å²) in [6.45, 7) is 7.38.